The SMILES string of the molecule is C=CCC1(CC=C)C(=O)NN(C)C1=O. The Morgan fingerprint density at radius 3 is 2.14 bits per heavy atom. The summed E-state index contributed by atoms with van der Waals surface area (Å²) in [6, 6.07) is 0. The Labute approximate surface area is 83.2 Å². The van der Waals surface area contributed by atoms with Crippen molar-refractivity contribution in [1.82, 2.24) is 10.4 Å². The van der Waals surface area contributed by atoms with Crippen molar-refractivity contribution in [1.29, 1.82) is 0 Å². The number of amides is 2. The van der Waals surface area contributed by atoms with Crippen LogP contribution < -0.4 is 5.43 Å². The standard InChI is InChI=1S/C10H14N2O2/c1-4-6-10(7-5-2)8(13)11-12(3)9(10)14/h4-5H,1-2,6-7H2,3H3,(H,11,13). The average Bonchev–Trinajstić information content (AvgIpc) is 2.33. The molecule has 0 radical (unpaired) electrons. The molecule has 0 aromatic rings. The van der Waals surface area contributed by atoms with Crippen molar-refractivity contribution in [3.05, 3.63) is 25.3 Å². The van der Waals surface area contributed by atoms with Crippen molar-refractivity contribution >= 4 is 11.8 Å². The van der Waals surface area contributed by atoms with E-state index in [4.69, 9.17) is 0 Å². The second-order valence-electron chi connectivity index (χ2n) is 3.37. The van der Waals surface area contributed by atoms with E-state index in [1.165, 1.54) is 12.1 Å². The molecule has 0 aromatic heterocycles. The molecule has 1 fully saturated rings. The zero-order valence-electron chi connectivity index (χ0n) is 8.25. The lowest BCUT2D eigenvalue weighted by atomic mass is 9.80. The van der Waals surface area contributed by atoms with Crippen LogP contribution >= 0.6 is 0 Å². The van der Waals surface area contributed by atoms with E-state index >= 15 is 0 Å². The van der Waals surface area contributed by atoms with Crippen molar-refractivity contribution in [2.75, 3.05) is 7.05 Å². The van der Waals surface area contributed by atoms with Crippen molar-refractivity contribution in [3.8, 4) is 0 Å². The number of hydrogen-bond donors (Lipinski definition) is 1. The van der Waals surface area contributed by atoms with Gasteiger partial charge in [0.15, 0.2) is 0 Å². The van der Waals surface area contributed by atoms with Gasteiger partial charge in [-0.2, -0.15) is 0 Å². The maximum absolute atomic E-state index is 11.8. The average molecular weight is 194 g/mol. The molecule has 0 saturated carbocycles. The maximum atomic E-state index is 11.8. The normalized spacial score (nSPS) is 19.4. The minimum Gasteiger partial charge on any atom is -0.272 e. The van der Waals surface area contributed by atoms with Gasteiger partial charge in [0.05, 0.1) is 0 Å². The van der Waals surface area contributed by atoms with E-state index in [0.29, 0.717) is 12.8 Å². The molecular weight excluding hydrogens is 180 g/mol. The summed E-state index contributed by atoms with van der Waals surface area (Å²) < 4.78 is 0. The smallest absolute Gasteiger partial charge is 0.257 e. The van der Waals surface area contributed by atoms with Crippen LogP contribution in [0.25, 0.3) is 0 Å². The second kappa shape index (κ2) is 3.65. The van der Waals surface area contributed by atoms with Crippen LogP contribution in [-0.4, -0.2) is 23.9 Å². The number of rotatable bonds is 4. The van der Waals surface area contributed by atoms with Gasteiger partial charge in [0, 0.05) is 7.05 Å². The first-order valence-corrected chi connectivity index (χ1v) is 4.39. The topological polar surface area (TPSA) is 49.4 Å². The zero-order chi connectivity index (χ0) is 10.8. The van der Waals surface area contributed by atoms with Gasteiger partial charge in [-0.25, -0.2) is 0 Å². The molecule has 0 bridgehead atoms. The molecule has 1 N–H and O–H groups in total. The largest absolute Gasteiger partial charge is 0.272 e. The molecule has 0 aliphatic carbocycles. The highest BCUT2D eigenvalue weighted by molar-refractivity contribution is 6.09. The summed E-state index contributed by atoms with van der Waals surface area (Å²) in [5.74, 6) is -0.493. The molecule has 1 aliphatic heterocycles. The second-order valence-corrected chi connectivity index (χ2v) is 3.37. The lowest BCUT2D eigenvalue weighted by molar-refractivity contribution is -0.138. The van der Waals surface area contributed by atoms with Gasteiger partial charge in [-0.3, -0.25) is 20.0 Å². The lowest BCUT2D eigenvalue weighted by Crippen LogP contribution is -2.35. The molecule has 4 nitrogen and oxygen atoms in total. The summed E-state index contributed by atoms with van der Waals surface area (Å²) in [4.78, 5) is 23.4. The van der Waals surface area contributed by atoms with E-state index in [2.05, 4.69) is 18.6 Å². The Hall–Kier alpha value is -1.58. The summed E-state index contributed by atoms with van der Waals surface area (Å²) in [6.07, 6.45) is 3.85. The van der Waals surface area contributed by atoms with E-state index in [1.807, 2.05) is 0 Å². The van der Waals surface area contributed by atoms with Crippen LogP contribution in [0.1, 0.15) is 12.8 Å². The Kier molecular flexibility index (Phi) is 2.74. The highest BCUT2D eigenvalue weighted by atomic mass is 16.2. The van der Waals surface area contributed by atoms with Crippen molar-refractivity contribution in [2.24, 2.45) is 5.41 Å². The lowest BCUT2D eigenvalue weighted by Gasteiger charge is -2.19. The summed E-state index contributed by atoms with van der Waals surface area (Å²) >= 11 is 0. The van der Waals surface area contributed by atoms with Crippen LogP contribution in [0.15, 0.2) is 25.3 Å². The van der Waals surface area contributed by atoms with Gasteiger partial charge in [0.25, 0.3) is 11.8 Å². The fraction of sp³-hybridized carbons (Fsp3) is 0.400. The zero-order valence-corrected chi connectivity index (χ0v) is 8.25. The molecule has 4 heteroatoms. The molecule has 1 heterocycles. The number of nitrogens with zero attached hydrogens (tertiary/aromatic N) is 1. The highest BCUT2D eigenvalue weighted by Crippen LogP contribution is 2.33. The van der Waals surface area contributed by atoms with Crippen LogP contribution in [0, 0.1) is 5.41 Å². The van der Waals surface area contributed by atoms with Crippen molar-refractivity contribution in [2.45, 2.75) is 12.8 Å². The Bertz CT molecular complexity index is 286. The minimum absolute atomic E-state index is 0.220. The summed E-state index contributed by atoms with van der Waals surface area (Å²) in [7, 11) is 1.54. The van der Waals surface area contributed by atoms with Crippen LogP contribution in [0.3, 0.4) is 0 Å². The van der Waals surface area contributed by atoms with E-state index in [1.54, 1.807) is 12.2 Å². The van der Waals surface area contributed by atoms with Crippen LogP contribution in [0.5, 0.6) is 0 Å². The number of carbonyl (C=O) groups excluding carboxylic acids is 2. The maximum Gasteiger partial charge on any atom is 0.257 e. The summed E-state index contributed by atoms with van der Waals surface area (Å²) in [5, 5.41) is 1.22. The predicted molar refractivity (Wildman–Crippen MR) is 53.0 cm³/mol. The third-order valence-corrected chi connectivity index (χ3v) is 2.40. The Morgan fingerprint density at radius 1 is 1.36 bits per heavy atom. The first-order valence-electron chi connectivity index (χ1n) is 4.39. The monoisotopic (exact) mass is 194 g/mol. The number of nitrogens with one attached hydrogen (secondary N) is 1. The molecule has 76 valence electrons. The van der Waals surface area contributed by atoms with Gasteiger partial charge in [-0.05, 0) is 12.8 Å². The number of allylic oxidation sites excluding steroid dienone is 2. The number of hydrazine groups is 1. The van der Waals surface area contributed by atoms with E-state index in [0.717, 1.165) is 0 Å². The van der Waals surface area contributed by atoms with Crippen LogP contribution in [-0.2, 0) is 9.59 Å². The van der Waals surface area contributed by atoms with Gasteiger partial charge in [-0.1, -0.05) is 12.2 Å². The number of hydrogen-bond acceptors (Lipinski definition) is 2. The highest BCUT2D eigenvalue weighted by Gasteiger charge is 2.51. The molecule has 0 unspecified atom stereocenters. The van der Waals surface area contributed by atoms with E-state index in [9.17, 15) is 9.59 Å². The number of carbonyl (C=O) groups is 2. The summed E-state index contributed by atoms with van der Waals surface area (Å²) in [6.45, 7) is 7.12. The molecule has 0 atom stereocenters. The van der Waals surface area contributed by atoms with E-state index in [-0.39, 0.29) is 11.8 Å². The Morgan fingerprint density at radius 2 is 1.86 bits per heavy atom. The fourth-order valence-electron chi connectivity index (χ4n) is 1.66. The Balaban J connectivity index is 3.06. The molecule has 1 saturated heterocycles. The molecule has 1 aliphatic rings. The first kappa shape index (κ1) is 10.5. The van der Waals surface area contributed by atoms with Crippen molar-refractivity contribution in [3.63, 3.8) is 0 Å². The van der Waals surface area contributed by atoms with Crippen LogP contribution in [0.2, 0.25) is 0 Å². The molecular formula is C10H14N2O2. The van der Waals surface area contributed by atoms with Crippen LogP contribution in [0.4, 0.5) is 0 Å². The molecule has 1 rings (SSSR count). The quantitative estimate of drug-likeness (QED) is 0.527. The van der Waals surface area contributed by atoms with Gasteiger partial charge in [-0.15, -0.1) is 13.2 Å². The minimum atomic E-state index is -1.02. The summed E-state index contributed by atoms with van der Waals surface area (Å²) in [5.41, 5.74) is 1.46. The van der Waals surface area contributed by atoms with Gasteiger partial charge in [0.2, 0.25) is 0 Å². The third kappa shape index (κ3) is 1.32. The fourth-order valence-corrected chi connectivity index (χ4v) is 1.66. The van der Waals surface area contributed by atoms with E-state index < -0.39 is 5.41 Å². The molecule has 14 heavy (non-hydrogen) atoms. The first-order chi connectivity index (χ1) is 6.58. The van der Waals surface area contributed by atoms with Gasteiger partial charge >= 0.3 is 0 Å². The molecule has 0 spiro atoms. The van der Waals surface area contributed by atoms with Gasteiger partial charge in [0.1, 0.15) is 5.41 Å². The molecule has 2 amide bonds. The van der Waals surface area contributed by atoms with Gasteiger partial charge < -0.3 is 0 Å². The van der Waals surface area contributed by atoms with Crippen molar-refractivity contribution < 1.29 is 9.59 Å². The predicted octanol–water partition coefficient (Wildman–Crippen LogP) is 0.628. The third-order valence-electron chi connectivity index (χ3n) is 2.40. The molecule has 0 aromatic carbocycles.